The monoisotopic (exact) mass is 243 g/mol. The summed E-state index contributed by atoms with van der Waals surface area (Å²) in [6, 6.07) is 10.5. The summed E-state index contributed by atoms with van der Waals surface area (Å²) in [5.41, 5.74) is 1.41. The molecule has 0 heterocycles. The SMILES string of the molecule is CC(C)(C)S(N)(=O)=O.CCc1ccccc1. The van der Waals surface area contributed by atoms with E-state index in [1.807, 2.05) is 6.07 Å². The van der Waals surface area contributed by atoms with Crippen LogP contribution in [0.25, 0.3) is 0 Å². The second-order valence-corrected chi connectivity index (χ2v) is 6.81. The lowest BCUT2D eigenvalue weighted by molar-refractivity contribution is 0.562. The topological polar surface area (TPSA) is 60.2 Å². The van der Waals surface area contributed by atoms with Gasteiger partial charge in [0.2, 0.25) is 10.0 Å². The average Bonchev–Trinajstić information content (AvgIpc) is 2.17. The van der Waals surface area contributed by atoms with Crippen LogP contribution < -0.4 is 5.14 Å². The van der Waals surface area contributed by atoms with Gasteiger partial charge in [0.25, 0.3) is 0 Å². The molecule has 4 heteroatoms. The molecule has 0 radical (unpaired) electrons. The van der Waals surface area contributed by atoms with Gasteiger partial charge in [-0.05, 0) is 32.8 Å². The van der Waals surface area contributed by atoms with Crippen LogP contribution in [0.2, 0.25) is 0 Å². The highest BCUT2D eigenvalue weighted by atomic mass is 32.2. The Hall–Kier alpha value is -0.870. The summed E-state index contributed by atoms with van der Waals surface area (Å²) in [4.78, 5) is 0. The van der Waals surface area contributed by atoms with E-state index in [0.717, 1.165) is 6.42 Å². The fourth-order valence-electron chi connectivity index (χ4n) is 0.714. The lowest BCUT2D eigenvalue weighted by Crippen LogP contribution is -2.34. The molecule has 0 atom stereocenters. The Morgan fingerprint density at radius 1 is 1.12 bits per heavy atom. The quantitative estimate of drug-likeness (QED) is 0.823. The van der Waals surface area contributed by atoms with Gasteiger partial charge in [-0.25, -0.2) is 13.6 Å². The fourth-order valence-corrected chi connectivity index (χ4v) is 0.714. The smallest absolute Gasteiger partial charge is 0.214 e. The number of sulfonamides is 1. The normalized spacial score (nSPS) is 11.6. The summed E-state index contributed by atoms with van der Waals surface area (Å²) < 4.78 is 20.0. The number of hydrogen-bond acceptors (Lipinski definition) is 2. The van der Waals surface area contributed by atoms with Gasteiger partial charge in [-0.2, -0.15) is 0 Å². The number of nitrogens with two attached hydrogens (primary N) is 1. The maximum absolute atomic E-state index is 10.4. The van der Waals surface area contributed by atoms with Crippen molar-refractivity contribution >= 4 is 10.0 Å². The minimum absolute atomic E-state index is 0.812. The highest BCUT2D eigenvalue weighted by Crippen LogP contribution is 2.09. The maximum Gasteiger partial charge on any atom is 0.214 e. The lowest BCUT2D eigenvalue weighted by atomic mass is 10.2. The summed E-state index contributed by atoms with van der Waals surface area (Å²) in [6.07, 6.45) is 1.14. The first kappa shape index (κ1) is 15.1. The van der Waals surface area contributed by atoms with Gasteiger partial charge in [-0.3, -0.25) is 0 Å². The van der Waals surface area contributed by atoms with Gasteiger partial charge < -0.3 is 0 Å². The molecule has 1 aromatic carbocycles. The molecule has 0 aliphatic carbocycles. The molecular formula is C12H21NO2S. The first-order chi connectivity index (χ1) is 7.18. The Bertz CT molecular complexity index is 391. The van der Waals surface area contributed by atoms with Crippen molar-refractivity contribution in [2.24, 2.45) is 5.14 Å². The number of rotatable bonds is 1. The van der Waals surface area contributed by atoms with Crippen LogP contribution in [-0.4, -0.2) is 13.2 Å². The van der Waals surface area contributed by atoms with Gasteiger partial charge in [-0.1, -0.05) is 37.3 Å². The van der Waals surface area contributed by atoms with Crippen molar-refractivity contribution in [3.8, 4) is 0 Å². The van der Waals surface area contributed by atoms with Crippen LogP contribution in [0.3, 0.4) is 0 Å². The molecule has 92 valence electrons. The van der Waals surface area contributed by atoms with E-state index in [4.69, 9.17) is 5.14 Å². The van der Waals surface area contributed by atoms with Crippen LogP contribution in [-0.2, 0) is 16.4 Å². The fraction of sp³-hybridized carbons (Fsp3) is 0.500. The molecule has 1 aromatic rings. The van der Waals surface area contributed by atoms with Crippen LogP contribution in [0.5, 0.6) is 0 Å². The Morgan fingerprint density at radius 3 is 1.69 bits per heavy atom. The Kier molecular flexibility index (Phi) is 5.68. The first-order valence-electron chi connectivity index (χ1n) is 5.24. The third-order valence-corrected chi connectivity index (χ3v) is 3.81. The van der Waals surface area contributed by atoms with Crippen molar-refractivity contribution in [1.82, 2.24) is 0 Å². The molecule has 0 bridgehead atoms. The Morgan fingerprint density at radius 2 is 1.50 bits per heavy atom. The average molecular weight is 243 g/mol. The molecule has 0 amide bonds. The van der Waals surface area contributed by atoms with Gasteiger partial charge in [0, 0.05) is 0 Å². The zero-order chi connectivity index (χ0) is 12.8. The number of primary sulfonamides is 1. The molecule has 0 fully saturated rings. The van der Waals surface area contributed by atoms with Crippen molar-refractivity contribution < 1.29 is 8.42 Å². The van der Waals surface area contributed by atoms with Crippen LogP contribution in [0, 0.1) is 0 Å². The number of benzene rings is 1. The van der Waals surface area contributed by atoms with E-state index in [-0.39, 0.29) is 0 Å². The van der Waals surface area contributed by atoms with Crippen LogP contribution >= 0.6 is 0 Å². The third kappa shape index (κ3) is 5.88. The Balaban J connectivity index is 0.000000281. The molecule has 0 aromatic heterocycles. The highest BCUT2D eigenvalue weighted by Gasteiger charge is 2.23. The predicted octanol–water partition coefficient (Wildman–Crippen LogP) is 2.32. The standard InChI is InChI=1S/C8H10.C4H11NO2S/c1-2-8-6-4-3-5-7-8;1-4(2,3)8(5,6)7/h3-7H,2H2,1H3;1-3H3,(H2,5,6,7). The van der Waals surface area contributed by atoms with Gasteiger partial charge in [0.05, 0.1) is 4.75 Å². The van der Waals surface area contributed by atoms with Crippen molar-refractivity contribution in [3.63, 3.8) is 0 Å². The van der Waals surface area contributed by atoms with Crippen molar-refractivity contribution in [2.45, 2.75) is 38.9 Å². The minimum atomic E-state index is -3.34. The molecule has 3 nitrogen and oxygen atoms in total. The summed E-state index contributed by atoms with van der Waals surface area (Å²) in [5, 5.41) is 4.78. The second-order valence-electron chi connectivity index (χ2n) is 4.50. The number of aryl methyl sites for hydroxylation is 1. The molecule has 16 heavy (non-hydrogen) atoms. The molecular weight excluding hydrogens is 222 g/mol. The van der Waals surface area contributed by atoms with Crippen molar-refractivity contribution in [3.05, 3.63) is 35.9 Å². The lowest BCUT2D eigenvalue weighted by Gasteiger charge is -2.13. The third-order valence-electron chi connectivity index (χ3n) is 2.10. The Labute approximate surface area is 98.7 Å². The molecule has 0 spiro atoms. The summed E-state index contributed by atoms with van der Waals surface area (Å²) in [5.74, 6) is 0. The summed E-state index contributed by atoms with van der Waals surface area (Å²) in [6.45, 7) is 6.84. The van der Waals surface area contributed by atoms with Gasteiger partial charge >= 0.3 is 0 Å². The van der Waals surface area contributed by atoms with Gasteiger partial charge in [0.15, 0.2) is 0 Å². The van der Waals surface area contributed by atoms with Crippen molar-refractivity contribution in [2.75, 3.05) is 0 Å². The summed E-state index contributed by atoms with van der Waals surface area (Å²) >= 11 is 0. The second kappa shape index (κ2) is 6.01. The molecule has 0 aliphatic rings. The predicted molar refractivity (Wildman–Crippen MR) is 68.7 cm³/mol. The van der Waals surface area contributed by atoms with Gasteiger partial charge in [-0.15, -0.1) is 0 Å². The van der Waals surface area contributed by atoms with E-state index in [1.165, 1.54) is 5.56 Å². The molecule has 2 N–H and O–H groups in total. The largest absolute Gasteiger partial charge is 0.228 e. The van der Waals surface area contributed by atoms with Crippen LogP contribution in [0.4, 0.5) is 0 Å². The van der Waals surface area contributed by atoms with Crippen molar-refractivity contribution in [1.29, 1.82) is 0 Å². The van der Waals surface area contributed by atoms with E-state index >= 15 is 0 Å². The van der Waals surface area contributed by atoms with Crippen LogP contribution in [0.15, 0.2) is 30.3 Å². The van der Waals surface area contributed by atoms with Crippen LogP contribution in [0.1, 0.15) is 33.3 Å². The minimum Gasteiger partial charge on any atom is -0.228 e. The highest BCUT2D eigenvalue weighted by molar-refractivity contribution is 7.90. The van der Waals surface area contributed by atoms with E-state index in [1.54, 1.807) is 20.8 Å². The first-order valence-corrected chi connectivity index (χ1v) is 6.79. The number of hydrogen-bond donors (Lipinski definition) is 1. The molecule has 0 saturated heterocycles. The van der Waals surface area contributed by atoms with E-state index in [2.05, 4.69) is 31.2 Å². The van der Waals surface area contributed by atoms with E-state index in [0.29, 0.717) is 0 Å². The molecule has 0 saturated carbocycles. The zero-order valence-corrected chi connectivity index (χ0v) is 11.2. The summed E-state index contributed by atoms with van der Waals surface area (Å²) in [7, 11) is -3.34. The van der Waals surface area contributed by atoms with E-state index in [9.17, 15) is 8.42 Å². The molecule has 0 aliphatic heterocycles. The van der Waals surface area contributed by atoms with Gasteiger partial charge in [0.1, 0.15) is 0 Å². The molecule has 1 rings (SSSR count). The van der Waals surface area contributed by atoms with E-state index < -0.39 is 14.8 Å². The zero-order valence-electron chi connectivity index (χ0n) is 10.4. The molecule has 0 unspecified atom stereocenters. The maximum atomic E-state index is 10.4.